The Labute approximate surface area is 831 Å². The molecule has 18 aromatic rings. The van der Waals surface area contributed by atoms with Crippen LogP contribution in [0.2, 0.25) is 0 Å². The number of para-hydroxylation sites is 3. The molecular weight excluding hydrogens is 1770 g/mol. The van der Waals surface area contributed by atoms with E-state index < -0.39 is 15.7 Å². The highest BCUT2D eigenvalue weighted by Gasteiger charge is 2.45. The summed E-state index contributed by atoms with van der Waals surface area (Å²) in [5.74, 6) is 0. The van der Waals surface area contributed by atoms with Gasteiger partial charge in [0.25, 0.3) is 0 Å². The first kappa shape index (κ1) is 95.4. The largest absolute Gasteiger partial charge is 0.359 e. The van der Waals surface area contributed by atoms with E-state index in [9.17, 15) is 9.36 Å². The van der Waals surface area contributed by atoms with Crippen molar-refractivity contribution in [3.05, 3.63) is 482 Å². The second-order valence-electron chi connectivity index (χ2n) is 38.9. The SMILES string of the molecule is CC1(C)c2cc(/C=C/c3ccc(N(c4ccccc4)c4ccc5ccccc5c4)cc3)ccc2-c2cc3c(cc21)-c1ccc(/C=C/c2ccc(N(c4ccccc4)c4ccc5ccccc5c4)cc2)cc1C3(C)C.CCOP(CC)Cc1ccc2c(c1)C(C)(C)c1cc3c(cc1-2)C(C)(C)c1cc(CP(=O)(OCC)OCC)ccc1-3.O=Cc1ccc(N(c2ccccc2)c2ccc3ccccc3c2)cc1.O=O. The molecule has 10 nitrogen and oxygen atoms in total. The first-order valence-electron chi connectivity index (χ1n) is 49.0. The number of hydrogen-bond donors (Lipinski definition) is 0. The minimum Gasteiger partial charge on any atom is -0.359 e. The highest BCUT2D eigenvalue weighted by molar-refractivity contribution is 7.53. The summed E-state index contributed by atoms with van der Waals surface area (Å²) >= 11 is 0. The smallest absolute Gasteiger partial charge is 0.335 e. The monoisotopic (exact) mass is 1880 g/mol. The Bertz CT molecular complexity index is 7530. The molecule has 4 aliphatic carbocycles. The average Bonchev–Trinajstić information content (AvgIpc) is 1.54. The first-order chi connectivity index (χ1) is 68.5. The van der Waals surface area contributed by atoms with Crippen LogP contribution in [0.15, 0.2) is 388 Å². The molecule has 0 heterocycles. The zero-order valence-corrected chi connectivity index (χ0v) is 84.0. The maximum absolute atomic E-state index is 13.3. The standard InChI is InChI=1S/C72H56N2.C34H44O4P2.C23H17NO.O2/c1-71(2)67-43-51(25-23-49-27-35-59(36-28-49)73(57-19-7-5-8-20-57)61-39-33-53-15-11-13-17-55(53)45-61)31-41-63(67)65-48-70-66(47-69(65)71)64-42-32-52(44-68(64)72(70,3)4)26-24-50-29-37-60(38-30-50)74(58-21-9-6-10-22-58)62-40-34-54-16-12-14-18-56(54)46-62;1-9-36-39(12-4)21-23-13-15-25-27-19-32-28(20-31(27)33(5,6)29(25)17-23)26-16-14-24(18-30(26)34(32,7)8)22-40(35,37-10-2)38-11-3;25-17-18-10-13-22(14-11-18)24(21-8-2-1-3-9-21)23-15-12-19-6-4-5-7-20(19)16-23;1-2/h5-48H,1-4H3;13-20H,9-12,21-22H2,1-8H3;1-17H;/b25-23+,26-24+;;;. The van der Waals surface area contributed by atoms with Gasteiger partial charge in [-0.2, -0.15) is 0 Å². The number of nitrogens with zero attached hydrogens (tertiary/aromatic N) is 3. The Balaban J connectivity index is 0.000000156. The molecule has 0 bridgehead atoms. The van der Waals surface area contributed by atoms with Crippen molar-refractivity contribution in [3.8, 4) is 44.5 Å². The molecule has 1 unspecified atom stereocenters. The van der Waals surface area contributed by atoms with Crippen molar-refractivity contribution in [1.29, 1.82) is 0 Å². The van der Waals surface area contributed by atoms with Crippen LogP contribution in [0.3, 0.4) is 0 Å². The molecule has 22 rings (SSSR count). The van der Waals surface area contributed by atoms with Crippen LogP contribution in [-0.4, -0.2) is 32.3 Å². The molecule has 4 aliphatic rings. The van der Waals surface area contributed by atoms with Crippen molar-refractivity contribution in [3.63, 3.8) is 0 Å². The number of carbonyl (C=O) groups is 1. The number of benzene rings is 18. The molecule has 700 valence electrons. The molecule has 0 N–H and O–H groups in total. The van der Waals surface area contributed by atoms with E-state index in [0.717, 1.165) is 93.1 Å². The van der Waals surface area contributed by atoms with E-state index in [0.29, 0.717) is 18.8 Å². The van der Waals surface area contributed by atoms with Crippen molar-refractivity contribution in [2.75, 3.05) is 40.7 Å². The zero-order valence-electron chi connectivity index (χ0n) is 82.2. The third-order valence-corrected chi connectivity index (χ3v) is 32.8. The molecule has 0 aliphatic heterocycles. The quantitative estimate of drug-likeness (QED) is 0.0312. The van der Waals surface area contributed by atoms with E-state index in [1.807, 2.05) is 56.3 Å². The van der Waals surface area contributed by atoms with Crippen molar-refractivity contribution < 1.29 is 22.9 Å². The Morgan fingerprint density at radius 3 is 0.858 bits per heavy atom. The van der Waals surface area contributed by atoms with Gasteiger partial charge in [0.15, 0.2) is 0 Å². The van der Waals surface area contributed by atoms with Gasteiger partial charge in [-0.3, -0.25) is 9.36 Å². The first-order valence-corrected chi connectivity index (χ1v) is 52.4. The summed E-state index contributed by atoms with van der Waals surface area (Å²) in [4.78, 5) is 31.8. The molecule has 0 fully saturated rings. The highest BCUT2D eigenvalue weighted by atomic mass is 31.2. The van der Waals surface area contributed by atoms with E-state index >= 15 is 0 Å². The normalized spacial score (nSPS) is 13.9. The minimum absolute atomic E-state index is 0.0786. The van der Waals surface area contributed by atoms with E-state index in [2.05, 4.69) is 454 Å². The van der Waals surface area contributed by atoms with Gasteiger partial charge in [0.05, 0.1) is 19.4 Å². The lowest BCUT2D eigenvalue weighted by Crippen LogP contribution is -2.17. The van der Waals surface area contributed by atoms with E-state index in [4.69, 9.17) is 23.5 Å². The van der Waals surface area contributed by atoms with Crippen molar-refractivity contribution in [2.24, 2.45) is 0 Å². The summed E-state index contributed by atoms with van der Waals surface area (Å²) in [6.07, 6.45) is 12.3. The van der Waals surface area contributed by atoms with Crippen LogP contribution in [-0.2, 0) is 52.1 Å². The number of aldehydes is 1. The number of hydrogen-bond acceptors (Lipinski definition) is 10. The molecule has 141 heavy (non-hydrogen) atoms. The molecule has 0 amide bonds. The summed E-state index contributed by atoms with van der Waals surface area (Å²) in [5, 5.41) is 7.36. The van der Waals surface area contributed by atoms with Crippen LogP contribution in [0.1, 0.15) is 171 Å². The van der Waals surface area contributed by atoms with E-state index in [1.54, 1.807) is 0 Å². The molecular formula is C129H117N3O7P2. The average molecular weight is 1880 g/mol. The number of rotatable bonds is 25. The van der Waals surface area contributed by atoms with Crippen LogP contribution in [0.5, 0.6) is 0 Å². The molecule has 0 radical (unpaired) electrons. The lowest BCUT2D eigenvalue weighted by atomic mass is 9.79. The number of anilines is 9. The van der Waals surface area contributed by atoms with Crippen molar-refractivity contribution >= 4 is 130 Å². The molecule has 0 spiro atoms. The fraction of sp³-hybridized carbons (Fsp3) is 0.171. The third kappa shape index (κ3) is 19.0. The molecule has 0 aromatic heterocycles. The predicted octanol–water partition coefficient (Wildman–Crippen LogP) is 36.1. The minimum atomic E-state index is -3.17. The number of fused-ring (bicyclic) bond motifs is 15. The van der Waals surface area contributed by atoms with Gasteiger partial charge in [-0.25, -0.2) is 0 Å². The van der Waals surface area contributed by atoms with Gasteiger partial charge < -0.3 is 28.3 Å². The van der Waals surface area contributed by atoms with Gasteiger partial charge in [0.1, 0.15) is 6.29 Å². The Kier molecular flexibility index (Phi) is 27.3. The van der Waals surface area contributed by atoms with Gasteiger partial charge in [0.2, 0.25) is 0 Å². The maximum atomic E-state index is 13.3. The number of carbonyl (C=O) groups excluding carboxylic acids is 1. The molecule has 0 saturated heterocycles. The third-order valence-electron chi connectivity index (χ3n) is 28.7. The van der Waals surface area contributed by atoms with Gasteiger partial charge in [-0.05, 0) is 327 Å². The summed E-state index contributed by atoms with van der Waals surface area (Å²) in [6.45, 7) is 28.5. The van der Waals surface area contributed by atoms with E-state index in [1.165, 1.54) is 138 Å². The maximum Gasteiger partial charge on any atom is 0.335 e. The van der Waals surface area contributed by atoms with Crippen LogP contribution in [0.25, 0.3) is 101 Å². The Morgan fingerprint density at radius 1 is 0.262 bits per heavy atom. The summed E-state index contributed by atoms with van der Waals surface area (Å²) in [6, 6.07) is 140. The second kappa shape index (κ2) is 40.3. The zero-order chi connectivity index (χ0) is 97.9. The van der Waals surface area contributed by atoms with Crippen LogP contribution in [0, 0.1) is 9.93 Å². The van der Waals surface area contributed by atoms with Gasteiger partial charge in [0, 0.05) is 109 Å². The molecule has 12 heteroatoms. The van der Waals surface area contributed by atoms with Gasteiger partial charge in [-0.1, -0.05) is 329 Å². The van der Waals surface area contributed by atoms with E-state index in [-0.39, 0.29) is 27.8 Å². The summed E-state index contributed by atoms with van der Waals surface area (Å²) < 4.78 is 30.5. The fourth-order valence-electron chi connectivity index (χ4n) is 21.4. The summed E-state index contributed by atoms with van der Waals surface area (Å²) in [5.41, 5.74) is 38.9. The Morgan fingerprint density at radius 2 is 0.532 bits per heavy atom. The second-order valence-corrected chi connectivity index (χ2v) is 43.1. The predicted molar refractivity (Wildman–Crippen MR) is 596 cm³/mol. The topological polar surface area (TPSA) is 106 Å². The van der Waals surface area contributed by atoms with Crippen LogP contribution >= 0.6 is 15.7 Å². The molecule has 18 aromatic carbocycles. The fourth-order valence-corrected chi connectivity index (χ4v) is 24.6. The van der Waals surface area contributed by atoms with Gasteiger partial charge >= 0.3 is 7.60 Å². The molecule has 1 atom stereocenters. The van der Waals surface area contributed by atoms with Crippen molar-refractivity contribution in [1.82, 2.24) is 0 Å². The highest BCUT2D eigenvalue weighted by Crippen LogP contribution is 2.61. The Hall–Kier alpha value is -14.6. The van der Waals surface area contributed by atoms with Crippen molar-refractivity contribution in [2.45, 2.75) is 117 Å². The van der Waals surface area contributed by atoms with Crippen LogP contribution in [0.4, 0.5) is 51.2 Å². The van der Waals surface area contributed by atoms with Gasteiger partial charge in [-0.15, -0.1) is 0 Å². The summed E-state index contributed by atoms with van der Waals surface area (Å²) in [7, 11) is -3.60. The lowest BCUT2D eigenvalue weighted by Gasteiger charge is -2.26. The molecule has 0 saturated carbocycles. The van der Waals surface area contributed by atoms with Crippen LogP contribution < -0.4 is 14.7 Å². The lowest BCUT2D eigenvalue weighted by molar-refractivity contribution is 0.112.